The Bertz CT molecular complexity index is 1180. The first-order valence-corrected chi connectivity index (χ1v) is 11.8. The van der Waals surface area contributed by atoms with Crippen LogP contribution in [0.2, 0.25) is 0 Å². The lowest BCUT2D eigenvalue weighted by molar-refractivity contribution is 0.0697. The highest BCUT2D eigenvalue weighted by molar-refractivity contribution is 7.89. The van der Waals surface area contributed by atoms with Crippen molar-refractivity contribution in [3.8, 4) is 5.00 Å². The number of sulfonamides is 1. The van der Waals surface area contributed by atoms with Crippen LogP contribution in [0, 0.1) is 19.7 Å². The van der Waals surface area contributed by atoms with Crippen LogP contribution in [0.25, 0.3) is 5.00 Å². The van der Waals surface area contributed by atoms with Gasteiger partial charge in [-0.3, -0.25) is 4.79 Å². The highest BCUT2D eigenvalue weighted by Gasteiger charge is 2.32. The molecule has 2 aromatic heterocycles. The van der Waals surface area contributed by atoms with Gasteiger partial charge in [-0.05, 0) is 49.7 Å². The van der Waals surface area contributed by atoms with Crippen molar-refractivity contribution in [2.45, 2.75) is 18.7 Å². The molecule has 1 saturated heterocycles. The summed E-state index contributed by atoms with van der Waals surface area (Å²) < 4.78 is 42.3. The number of carbonyl (C=O) groups is 1. The third-order valence-corrected chi connectivity index (χ3v) is 8.49. The van der Waals surface area contributed by atoms with Crippen LogP contribution in [0.5, 0.6) is 0 Å². The maximum Gasteiger partial charge on any atom is 0.257 e. The molecule has 0 unspecified atom stereocenters. The Kier molecular flexibility index (Phi) is 5.52. The lowest BCUT2D eigenvalue weighted by atomic mass is 10.1. The molecule has 9 heteroatoms. The molecule has 1 aliphatic rings. The number of aromatic nitrogens is 1. The predicted molar refractivity (Wildman–Crippen MR) is 114 cm³/mol. The minimum absolute atomic E-state index is 0.0681. The molecule has 158 valence electrons. The number of amides is 1. The fraction of sp³-hybridized carbons (Fsp3) is 0.286. The summed E-state index contributed by atoms with van der Waals surface area (Å²) in [5.41, 5.74) is 1.61. The molecule has 6 nitrogen and oxygen atoms in total. The maximum absolute atomic E-state index is 13.5. The van der Waals surface area contributed by atoms with E-state index < -0.39 is 15.8 Å². The first kappa shape index (κ1) is 20.8. The van der Waals surface area contributed by atoms with Crippen LogP contribution in [0.3, 0.4) is 0 Å². The SMILES string of the molecule is Cc1sc(-n2cccc2)c(C(=O)N2CCN(S(=O)(=O)c3cccc(F)c3)CC2)c1C. The Hall–Kier alpha value is -2.49. The van der Waals surface area contributed by atoms with Crippen LogP contribution < -0.4 is 0 Å². The van der Waals surface area contributed by atoms with Crippen molar-refractivity contribution >= 4 is 27.3 Å². The van der Waals surface area contributed by atoms with Gasteiger partial charge in [-0.1, -0.05) is 6.07 Å². The van der Waals surface area contributed by atoms with E-state index in [4.69, 9.17) is 0 Å². The van der Waals surface area contributed by atoms with Gasteiger partial charge in [0.25, 0.3) is 5.91 Å². The number of aryl methyl sites for hydroxylation is 1. The fourth-order valence-corrected chi connectivity index (χ4v) is 6.15. The van der Waals surface area contributed by atoms with Gasteiger partial charge < -0.3 is 9.47 Å². The Morgan fingerprint density at radius 2 is 1.70 bits per heavy atom. The van der Waals surface area contributed by atoms with Crippen molar-refractivity contribution in [2.75, 3.05) is 26.2 Å². The van der Waals surface area contributed by atoms with E-state index in [1.165, 1.54) is 22.5 Å². The molecule has 0 saturated carbocycles. The van der Waals surface area contributed by atoms with Crippen molar-refractivity contribution in [3.05, 3.63) is 70.6 Å². The van der Waals surface area contributed by atoms with Gasteiger partial charge in [0.15, 0.2) is 0 Å². The summed E-state index contributed by atoms with van der Waals surface area (Å²) in [6, 6.07) is 8.82. The first-order valence-electron chi connectivity index (χ1n) is 9.57. The number of rotatable bonds is 4. The molecule has 0 N–H and O–H groups in total. The van der Waals surface area contributed by atoms with Crippen LogP contribution in [0.4, 0.5) is 4.39 Å². The molecule has 3 heterocycles. The third-order valence-electron chi connectivity index (χ3n) is 5.38. The number of carbonyl (C=O) groups excluding carboxylic acids is 1. The summed E-state index contributed by atoms with van der Waals surface area (Å²) in [5.74, 6) is -0.686. The monoisotopic (exact) mass is 447 g/mol. The number of thiophene rings is 1. The summed E-state index contributed by atoms with van der Waals surface area (Å²) in [4.78, 5) is 16.0. The number of nitrogens with zero attached hydrogens (tertiary/aromatic N) is 3. The third kappa shape index (κ3) is 3.68. The minimum Gasteiger partial charge on any atom is -0.336 e. The summed E-state index contributed by atoms with van der Waals surface area (Å²) in [5, 5.41) is 0.870. The average molecular weight is 448 g/mol. The van der Waals surface area contributed by atoms with Gasteiger partial charge in [-0.25, -0.2) is 12.8 Å². The lowest BCUT2D eigenvalue weighted by Gasteiger charge is -2.34. The predicted octanol–water partition coefficient (Wildman–Crippen LogP) is 3.44. The molecule has 4 rings (SSSR count). The van der Waals surface area contributed by atoms with Gasteiger partial charge in [0, 0.05) is 43.4 Å². The van der Waals surface area contributed by atoms with Crippen LogP contribution in [-0.4, -0.2) is 54.3 Å². The van der Waals surface area contributed by atoms with E-state index in [0.717, 1.165) is 21.5 Å². The van der Waals surface area contributed by atoms with Gasteiger partial charge in [0.2, 0.25) is 10.0 Å². The van der Waals surface area contributed by atoms with Crippen LogP contribution in [0.1, 0.15) is 20.8 Å². The molecule has 1 fully saturated rings. The molecule has 0 spiro atoms. The molecule has 1 aliphatic heterocycles. The number of hydrogen-bond acceptors (Lipinski definition) is 4. The zero-order chi connectivity index (χ0) is 21.5. The topological polar surface area (TPSA) is 62.6 Å². The first-order chi connectivity index (χ1) is 14.3. The molecule has 0 bridgehead atoms. The van der Waals surface area contributed by atoms with Crippen LogP contribution in [-0.2, 0) is 10.0 Å². The Balaban J connectivity index is 1.54. The van der Waals surface area contributed by atoms with Gasteiger partial charge >= 0.3 is 0 Å². The standard InChI is InChI=1S/C21H22FN3O3S2/c1-15-16(2)29-21(24-8-3-4-9-24)19(15)20(26)23-10-12-25(13-11-23)30(27,28)18-7-5-6-17(22)14-18/h3-9,14H,10-13H2,1-2H3. The van der Waals surface area contributed by atoms with E-state index >= 15 is 0 Å². The zero-order valence-electron chi connectivity index (χ0n) is 16.7. The summed E-state index contributed by atoms with van der Waals surface area (Å²) in [6.07, 6.45) is 3.82. The van der Waals surface area contributed by atoms with Gasteiger partial charge in [0.05, 0.1) is 10.5 Å². The lowest BCUT2D eigenvalue weighted by Crippen LogP contribution is -2.50. The molecule has 0 aliphatic carbocycles. The second-order valence-corrected chi connectivity index (χ2v) is 10.3. The molecule has 1 aromatic carbocycles. The minimum atomic E-state index is -3.79. The van der Waals surface area contributed by atoms with Crippen LogP contribution >= 0.6 is 11.3 Å². The van der Waals surface area contributed by atoms with E-state index in [2.05, 4.69) is 0 Å². The second kappa shape index (κ2) is 7.98. The van der Waals surface area contributed by atoms with E-state index in [0.29, 0.717) is 5.56 Å². The Labute approximate surface area is 179 Å². The summed E-state index contributed by atoms with van der Waals surface area (Å²) >= 11 is 1.57. The highest BCUT2D eigenvalue weighted by Crippen LogP contribution is 2.32. The van der Waals surface area contributed by atoms with E-state index in [-0.39, 0.29) is 37.0 Å². The quantitative estimate of drug-likeness (QED) is 0.616. The maximum atomic E-state index is 13.5. The molecule has 1 amide bonds. The van der Waals surface area contributed by atoms with Gasteiger partial charge in [-0.2, -0.15) is 4.31 Å². The second-order valence-electron chi connectivity index (χ2n) is 7.21. The molecule has 3 aromatic rings. The smallest absolute Gasteiger partial charge is 0.257 e. The summed E-state index contributed by atoms with van der Waals surface area (Å²) in [7, 11) is -3.79. The fourth-order valence-electron chi connectivity index (χ4n) is 3.58. The van der Waals surface area contributed by atoms with Gasteiger partial charge in [-0.15, -0.1) is 11.3 Å². The van der Waals surface area contributed by atoms with Crippen molar-refractivity contribution in [2.24, 2.45) is 0 Å². The van der Waals surface area contributed by atoms with E-state index in [1.54, 1.807) is 16.2 Å². The number of piperazine rings is 1. The Morgan fingerprint density at radius 1 is 1.03 bits per heavy atom. The molecular weight excluding hydrogens is 425 g/mol. The van der Waals surface area contributed by atoms with Crippen molar-refractivity contribution < 1.29 is 17.6 Å². The Morgan fingerprint density at radius 3 is 2.33 bits per heavy atom. The number of benzene rings is 1. The summed E-state index contributed by atoms with van der Waals surface area (Å²) in [6.45, 7) is 4.85. The van der Waals surface area contributed by atoms with Crippen molar-refractivity contribution in [3.63, 3.8) is 0 Å². The average Bonchev–Trinajstić information content (AvgIpc) is 3.36. The molecule has 30 heavy (non-hydrogen) atoms. The number of hydrogen-bond donors (Lipinski definition) is 0. The van der Waals surface area contributed by atoms with Crippen LogP contribution in [0.15, 0.2) is 53.7 Å². The molecular formula is C21H22FN3O3S2. The van der Waals surface area contributed by atoms with Crippen molar-refractivity contribution in [1.29, 1.82) is 0 Å². The zero-order valence-corrected chi connectivity index (χ0v) is 18.3. The molecule has 0 radical (unpaired) electrons. The largest absolute Gasteiger partial charge is 0.336 e. The van der Waals surface area contributed by atoms with E-state index in [1.807, 2.05) is 42.9 Å². The molecule has 0 atom stereocenters. The van der Waals surface area contributed by atoms with Gasteiger partial charge in [0.1, 0.15) is 10.8 Å². The highest BCUT2D eigenvalue weighted by atomic mass is 32.2. The normalized spacial score (nSPS) is 15.5. The van der Waals surface area contributed by atoms with E-state index in [9.17, 15) is 17.6 Å². The number of halogens is 1. The van der Waals surface area contributed by atoms with Crippen molar-refractivity contribution in [1.82, 2.24) is 13.8 Å².